The zero-order valence-corrected chi connectivity index (χ0v) is 15.3. The van der Waals surface area contributed by atoms with E-state index >= 15 is 0 Å². The van der Waals surface area contributed by atoms with Crippen LogP contribution in [0, 0.1) is 0 Å². The van der Waals surface area contributed by atoms with Crippen molar-refractivity contribution < 1.29 is 4.79 Å². The van der Waals surface area contributed by atoms with E-state index in [4.69, 9.17) is 0 Å². The predicted octanol–water partition coefficient (Wildman–Crippen LogP) is 5.05. The molecule has 0 atom stereocenters. The zero-order chi connectivity index (χ0) is 18.5. The first kappa shape index (κ1) is 17.1. The van der Waals surface area contributed by atoms with E-state index in [1.165, 1.54) is 16.9 Å². The Morgan fingerprint density at radius 1 is 0.963 bits per heavy atom. The van der Waals surface area contributed by atoms with Gasteiger partial charge in [-0.3, -0.25) is 15.1 Å². The standard InChI is InChI=1S/C22H17N3OS/c26-21(25-22-24-20(15-27-22)18-10-6-12-23-14-18)19-11-5-4-9-17(19)13-16-7-2-1-3-8-16/h1-12,14-15H,13H2,(H,24,25,26). The molecule has 0 aliphatic heterocycles. The van der Waals surface area contributed by atoms with Crippen molar-refractivity contribution in [3.63, 3.8) is 0 Å². The summed E-state index contributed by atoms with van der Waals surface area (Å²) in [6, 6.07) is 21.6. The van der Waals surface area contributed by atoms with Gasteiger partial charge in [-0.15, -0.1) is 11.3 Å². The van der Waals surface area contributed by atoms with Gasteiger partial charge in [0.1, 0.15) is 0 Å². The predicted molar refractivity (Wildman–Crippen MR) is 109 cm³/mol. The van der Waals surface area contributed by atoms with Crippen molar-refractivity contribution >= 4 is 22.4 Å². The first-order valence-electron chi connectivity index (χ1n) is 8.59. The van der Waals surface area contributed by atoms with Crippen LogP contribution in [0.5, 0.6) is 0 Å². The van der Waals surface area contributed by atoms with E-state index in [1.807, 2.05) is 60.0 Å². The van der Waals surface area contributed by atoms with E-state index in [2.05, 4.69) is 27.4 Å². The van der Waals surface area contributed by atoms with Gasteiger partial charge in [-0.2, -0.15) is 0 Å². The number of pyridine rings is 1. The maximum absolute atomic E-state index is 12.8. The summed E-state index contributed by atoms with van der Waals surface area (Å²) in [5, 5.41) is 5.42. The van der Waals surface area contributed by atoms with Gasteiger partial charge in [0.25, 0.3) is 5.91 Å². The van der Waals surface area contributed by atoms with Crippen molar-refractivity contribution in [2.24, 2.45) is 0 Å². The number of carbonyl (C=O) groups is 1. The van der Waals surface area contributed by atoms with E-state index < -0.39 is 0 Å². The summed E-state index contributed by atoms with van der Waals surface area (Å²) in [5.41, 5.74) is 4.57. The average Bonchev–Trinajstić information content (AvgIpc) is 3.18. The fourth-order valence-corrected chi connectivity index (χ4v) is 3.57. The number of nitrogens with one attached hydrogen (secondary N) is 1. The molecule has 4 rings (SSSR count). The Morgan fingerprint density at radius 3 is 2.59 bits per heavy atom. The number of anilines is 1. The summed E-state index contributed by atoms with van der Waals surface area (Å²) < 4.78 is 0. The lowest BCUT2D eigenvalue weighted by atomic mass is 9.99. The molecule has 4 nitrogen and oxygen atoms in total. The summed E-state index contributed by atoms with van der Waals surface area (Å²) in [6.07, 6.45) is 4.20. The van der Waals surface area contributed by atoms with Crippen molar-refractivity contribution in [2.45, 2.75) is 6.42 Å². The second-order valence-electron chi connectivity index (χ2n) is 6.05. The highest BCUT2D eigenvalue weighted by Gasteiger charge is 2.14. The minimum Gasteiger partial charge on any atom is -0.298 e. The molecule has 0 spiro atoms. The summed E-state index contributed by atoms with van der Waals surface area (Å²) in [4.78, 5) is 21.4. The number of aromatic nitrogens is 2. The molecule has 1 N–H and O–H groups in total. The fraction of sp³-hybridized carbons (Fsp3) is 0.0455. The van der Waals surface area contributed by atoms with Gasteiger partial charge < -0.3 is 0 Å². The molecule has 0 aliphatic rings. The van der Waals surface area contributed by atoms with Crippen LogP contribution in [0.1, 0.15) is 21.5 Å². The highest BCUT2D eigenvalue weighted by atomic mass is 32.1. The van der Waals surface area contributed by atoms with Gasteiger partial charge in [0.15, 0.2) is 5.13 Å². The molecule has 132 valence electrons. The lowest BCUT2D eigenvalue weighted by Gasteiger charge is -2.09. The average molecular weight is 371 g/mol. The molecule has 1 amide bonds. The lowest BCUT2D eigenvalue weighted by molar-refractivity contribution is 0.102. The quantitative estimate of drug-likeness (QED) is 0.534. The smallest absolute Gasteiger partial charge is 0.257 e. The van der Waals surface area contributed by atoms with E-state index in [0.29, 0.717) is 17.1 Å². The number of carbonyl (C=O) groups excluding carboxylic acids is 1. The molecule has 2 aromatic carbocycles. The second-order valence-corrected chi connectivity index (χ2v) is 6.91. The monoisotopic (exact) mass is 371 g/mol. The molecule has 2 aromatic heterocycles. The topological polar surface area (TPSA) is 54.9 Å². The van der Waals surface area contributed by atoms with Gasteiger partial charge in [0, 0.05) is 28.9 Å². The van der Waals surface area contributed by atoms with Crippen LogP contribution < -0.4 is 5.32 Å². The van der Waals surface area contributed by atoms with E-state index in [-0.39, 0.29) is 5.91 Å². The Balaban J connectivity index is 1.53. The SMILES string of the molecule is O=C(Nc1nc(-c2cccnc2)cs1)c1ccccc1Cc1ccccc1. The molecule has 0 bridgehead atoms. The number of hydrogen-bond donors (Lipinski definition) is 1. The lowest BCUT2D eigenvalue weighted by Crippen LogP contribution is -2.14. The summed E-state index contributed by atoms with van der Waals surface area (Å²) in [6.45, 7) is 0. The van der Waals surface area contributed by atoms with Gasteiger partial charge in [-0.25, -0.2) is 4.98 Å². The van der Waals surface area contributed by atoms with E-state index in [1.54, 1.807) is 12.4 Å². The third kappa shape index (κ3) is 4.10. The van der Waals surface area contributed by atoms with Gasteiger partial charge in [-0.1, -0.05) is 48.5 Å². The highest BCUT2D eigenvalue weighted by molar-refractivity contribution is 7.14. The molecule has 4 aromatic rings. The first-order valence-corrected chi connectivity index (χ1v) is 9.47. The molecule has 2 heterocycles. The number of rotatable bonds is 5. The van der Waals surface area contributed by atoms with Crippen molar-refractivity contribution in [2.75, 3.05) is 5.32 Å². The van der Waals surface area contributed by atoms with E-state index in [9.17, 15) is 4.79 Å². The van der Waals surface area contributed by atoms with Crippen molar-refractivity contribution in [1.82, 2.24) is 9.97 Å². The molecule has 0 aliphatic carbocycles. The van der Waals surface area contributed by atoms with Crippen LogP contribution in [-0.4, -0.2) is 15.9 Å². The van der Waals surface area contributed by atoms with Crippen LogP contribution in [0.3, 0.4) is 0 Å². The maximum Gasteiger partial charge on any atom is 0.257 e. The van der Waals surface area contributed by atoms with Gasteiger partial charge >= 0.3 is 0 Å². The summed E-state index contributed by atoms with van der Waals surface area (Å²) in [7, 11) is 0. The summed E-state index contributed by atoms with van der Waals surface area (Å²) >= 11 is 1.41. The number of thiazole rings is 1. The third-order valence-corrected chi connectivity index (χ3v) is 4.94. The first-order chi connectivity index (χ1) is 13.3. The van der Waals surface area contributed by atoms with E-state index in [0.717, 1.165) is 16.8 Å². The Kier molecular flexibility index (Phi) is 5.03. The Bertz CT molecular complexity index is 1050. The van der Waals surface area contributed by atoms with Crippen LogP contribution in [0.4, 0.5) is 5.13 Å². The van der Waals surface area contributed by atoms with Crippen molar-refractivity contribution in [3.05, 3.63) is 101 Å². The van der Waals surface area contributed by atoms with Crippen LogP contribution in [-0.2, 0) is 6.42 Å². The van der Waals surface area contributed by atoms with Crippen LogP contribution in [0.15, 0.2) is 84.5 Å². The van der Waals surface area contributed by atoms with Gasteiger partial charge in [-0.05, 0) is 35.7 Å². The molecular weight excluding hydrogens is 354 g/mol. The zero-order valence-electron chi connectivity index (χ0n) is 14.5. The minimum absolute atomic E-state index is 0.145. The second kappa shape index (κ2) is 7.93. The molecular formula is C22H17N3OS. The van der Waals surface area contributed by atoms with Crippen LogP contribution >= 0.6 is 11.3 Å². The number of hydrogen-bond acceptors (Lipinski definition) is 4. The van der Waals surface area contributed by atoms with Crippen LogP contribution in [0.25, 0.3) is 11.3 Å². The summed E-state index contributed by atoms with van der Waals surface area (Å²) in [5.74, 6) is -0.145. The highest BCUT2D eigenvalue weighted by Crippen LogP contribution is 2.25. The Hall–Kier alpha value is -3.31. The molecule has 0 unspecified atom stereocenters. The molecule has 5 heteroatoms. The van der Waals surface area contributed by atoms with Crippen LogP contribution in [0.2, 0.25) is 0 Å². The molecule has 0 radical (unpaired) electrons. The fourth-order valence-electron chi connectivity index (χ4n) is 2.85. The number of nitrogens with zero attached hydrogens (tertiary/aromatic N) is 2. The minimum atomic E-state index is -0.145. The normalized spacial score (nSPS) is 10.5. The third-order valence-electron chi connectivity index (χ3n) is 4.18. The number of amides is 1. The maximum atomic E-state index is 12.8. The molecule has 0 saturated carbocycles. The van der Waals surface area contributed by atoms with Crippen molar-refractivity contribution in [1.29, 1.82) is 0 Å². The molecule has 27 heavy (non-hydrogen) atoms. The van der Waals surface area contributed by atoms with Gasteiger partial charge in [0.05, 0.1) is 5.69 Å². The largest absolute Gasteiger partial charge is 0.298 e. The Labute approximate surface area is 161 Å². The molecule has 0 saturated heterocycles. The Morgan fingerprint density at radius 2 is 1.78 bits per heavy atom. The molecule has 0 fully saturated rings. The number of benzene rings is 2. The van der Waals surface area contributed by atoms with Crippen molar-refractivity contribution in [3.8, 4) is 11.3 Å². The van der Waals surface area contributed by atoms with Gasteiger partial charge in [0.2, 0.25) is 0 Å².